The molecule has 0 radical (unpaired) electrons. The molecule has 6 nitrogen and oxygen atoms in total. The van der Waals surface area contributed by atoms with Crippen LogP contribution in [0.5, 0.6) is 0 Å². The fraction of sp³-hybridized carbons (Fsp3) is 0.846. The molecule has 1 unspecified atom stereocenters. The first kappa shape index (κ1) is 15.3. The summed E-state index contributed by atoms with van der Waals surface area (Å²) in [5.41, 5.74) is 0. The maximum absolute atomic E-state index is 12.1. The first-order valence-electron chi connectivity index (χ1n) is 7.21. The fourth-order valence-electron chi connectivity index (χ4n) is 2.91. The third kappa shape index (κ3) is 3.94. The minimum Gasteiger partial charge on any atom is -0.480 e. The van der Waals surface area contributed by atoms with Crippen LogP contribution in [0.1, 0.15) is 32.1 Å². The zero-order valence-electron chi connectivity index (χ0n) is 11.5. The molecule has 2 amide bonds. The number of hydrogen-bond donors (Lipinski definition) is 2. The van der Waals surface area contributed by atoms with Crippen molar-refractivity contribution in [2.24, 2.45) is 5.92 Å². The zero-order valence-corrected chi connectivity index (χ0v) is 12.4. The lowest BCUT2D eigenvalue weighted by Gasteiger charge is -2.32. The van der Waals surface area contributed by atoms with Gasteiger partial charge < -0.3 is 15.3 Å². The van der Waals surface area contributed by atoms with Crippen molar-refractivity contribution in [2.75, 3.05) is 24.6 Å². The molecule has 20 heavy (non-hydrogen) atoms. The predicted molar refractivity (Wildman–Crippen MR) is 76.0 cm³/mol. The van der Waals surface area contributed by atoms with Crippen LogP contribution in [0, 0.1) is 5.92 Å². The Morgan fingerprint density at radius 2 is 1.75 bits per heavy atom. The molecule has 1 aliphatic carbocycles. The molecule has 1 heterocycles. The molecule has 1 aliphatic heterocycles. The number of nitrogens with one attached hydrogen (secondary N) is 1. The highest BCUT2D eigenvalue weighted by molar-refractivity contribution is 7.85. The van der Waals surface area contributed by atoms with Gasteiger partial charge in [0.2, 0.25) is 0 Å². The summed E-state index contributed by atoms with van der Waals surface area (Å²) in [5.74, 6) is 0.0401. The lowest BCUT2D eigenvalue weighted by Crippen LogP contribution is -2.54. The highest BCUT2D eigenvalue weighted by Crippen LogP contribution is 2.26. The molecule has 2 N–H and O–H groups in total. The number of aliphatic carboxylic acids is 1. The Morgan fingerprint density at radius 1 is 1.15 bits per heavy atom. The second-order valence-corrected chi connectivity index (χ2v) is 7.19. The number of nitrogens with zero attached hydrogens (tertiary/aromatic N) is 1. The Hall–Kier alpha value is -1.11. The minimum atomic E-state index is -0.953. The molecule has 114 valence electrons. The average molecular weight is 302 g/mol. The van der Waals surface area contributed by atoms with Crippen LogP contribution in [0.25, 0.3) is 0 Å². The van der Waals surface area contributed by atoms with Crippen LogP contribution < -0.4 is 5.32 Å². The Balaban J connectivity index is 1.91. The van der Waals surface area contributed by atoms with Crippen LogP contribution in [0.4, 0.5) is 4.79 Å². The number of carboxylic acids is 1. The van der Waals surface area contributed by atoms with Gasteiger partial charge in [-0.1, -0.05) is 19.3 Å². The maximum atomic E-state index is 12.1. The van der Waals surface area contributed by atoms with E-state index in [-0.39, 0.29) is 11.9 Å². The maximum Gasteiger partial charge on any atom is 0.326 e. The molecule has 0 spiro atoms. The van der Waals surface area contributed by atoms with E-state index in [0.29, 0.717) is 24.6 Å². The highest BCUT2D eigenvalue weighted by atomic mass is 32.2. The van der Waals surface area contributed by atoms with Crippen LogP contribution in [0.2, 0.25) is 0 Å². The number of rotatable bonds is 3. The summed E-state index contributed by atoms with van der Waals surface area (Å²) in [5, 5.41) is 12.0. The van der Waals surface area contributed by atoms with Gasteiger partial charge in [0, 0.05) is 35.4 Å². The second-order valence-electron chi connectivity index (χ2n) is 5.50. The van der Waals surface area contributed by atoms with E-state index < -0.39 is 22.8 Å². The molecule has 1 saturated carbocycles. The van der Waals surface area contributed by atoms with Gasteiger partial charge in [0.05, 0.1) is 0 Å². The van der Waals surface area contributed by atoms with Gasteiger partial charge in [0.1, 0.15) is 6.04 Å². The molecule has 7 heteroatoms. The van der Waals surface area contributed by atoms with Gasteiger partial charge in [-0.05, 0) is 18.8 Å². The average Bonchev–Trinajstić information content (AvgIpc) is 2.46. The van der Waals surface area contributed by atoms with Crippen molar-refractivity contribution in [3.8, 4) is 0 Å². The van der Waals surface area contributed by atoms with Crippen molar-refractivity contribution in [3.63, 3.8) is 0 Å². The lowest BCUT2D eigenvalue weighted by molar-refractivity contribution is -0.141. The first-order valence-corrected chi connectivity index (χ1v) is 8.70. The number of carbonyl (C=O) groups is 2. The van der Waals surface area contributed by atoms with Crippen LogP contribution in [-0.2, 0) is 15.6 Å². The van der Waals surface area contributed by atoms with E-state index in [4.69, 9.17) is 0 Å². The SMILES string of the molecule is O=C(O)C(NC(=O)N1CCS(=O)CC1)C1CCCCC1. The molecule has 0 aromatic heterocycles. The Kier molecular flexibility index (Phi) is 5.39. The van der Waals surface area contributed by atoms with E-state index in [1.807, 2.05) is 0 Å². The quantitative estimate of drug-likeness (QED) is 0.807. The third-order valence-electron chi connectivity index (χ3n) is 4.13. The van der Waals surface area contributed by atoms with Gasteiger partial charge in [0.15, 0.2) is 0 Å². The molecule has 1 atom stereocenters. The normalized spacial score (nSPS) is 23.3. The predicted octanol–water partition coefficient (Wildman–Crippen LogP) is 0.794. The Bertz CT molecular complexity index is 386. The van der Waals surface area contributed by atoms with E-state index in [9.17, 15) is 18.9 Å². The standard InChI is InChI=1S/C13H22N2O4S/c16-12(17)11(10-4-2-1-3-5-10)14-13(18)15-6-8-20(19)9-7-15/h10-11H,1-9H2,(H,14,18)(H,16,17). The number of hydrogen-bond acceptors (Lipinski definition) is 3. The van der Waals surface area contributed by atoms with E-state index in [2.05, 4.69) is 5.32 Å². The highest BCUT2D eigenvalue weighted by Gasteiger charge is 2.32. The minimum absolute atomic E-state index is 0.0316. The van der Waals surface area contributed by atoms with Crippen LogP contribution in [-0.4, -0.2) is 56.9 Å². The molecule has 0 bridgehead atoms. The number of urea groups is 1. The van der Waals surface area contributed by atoms with Crippen molar-refractivity contribution < 1.29 is 18.9 Å². The van der Waals surface area contributed by atoms with Gasteiger partial charge in [-0.15, -0.1) is 0 Å². The van der Waals surface area contributed by atoms with Crippen LogP contribution in [0.3, 0.4) is 0 Å². The topological polar surface area (TPSA) is 86.7 Å². The smallest absolute Gasteiger partial charge is 0.326 e. The van der Waals surface area contributed by atoms with Crippen molar-refractivity contribution in [3.05, 3.63) is 0 Å². The molecule has 0 aromatic rings. The van der Waals surface area contributed by atoms with Crippen LogP contribution >= 0.6 is 0 Å². The summed E-state index contributed by atoms with van der Waals surface area (Å²) in [6.07, 6.45) is 4.94. The summed E-state index contributed by atoms with van der Waals surface area (Å²) >= 11 is 0. The molecule has 0 aromatic carbocycles. The first-order chi connectivity index (χ1) is 9.58. The largest absolute Gasteiger partial charge is 0.480 e. The summed E-state index contributed by atoms with van der Waals surface area (Å²) in [4.78, 5) is 25.1. The molecule has 2 rings (SSSR count). The summed E-state index contributed by atoms with van der Waals surface area (Å²) in [7, 11) is -0.841. The van der Waals surface area contributed by atoms with Gasteiger partial charge >= 0.3 is 12.0 Å². The van der Waals surface area contributed by atoms with Crippen molar-refractivity contribution in [1.82, 2.24) is 10.2 Å². The Labute approximate surface area is 121 Å². The molecule has 1 saturated heterocycles. The molecular weight excluding hydrogens is 280 g/mol. The lowest BCUT2D eigenvalue weighted by atomic mass is 9.84. The third-order valence-corrected chi connectivity index (χ3v) is 5.41. The van der Waals surface area contributed by atoms with Gasteiger partial charge in [0.25, 0.3) is 0 Å². The van der Waals surface area contributed by atoms with E-state index in [1.54, 1.807) is 4.90 Å². The molecule has 2 fully saturated rings. The summed E-state index contributed by atoms with van der Waals surface area (Å²) in [6.45, 7) is 0.880. The zero-order chi connectivity index (χ0) is 14.5. The van der Waals surface area contributed by atoms with Crippen molar-refractivity contribution >= 4 is 22.8 Å². The Morgan fingerprint density at radius 3 is 2.30 bits per heavy atom. The van der Waals surface area contributed by atoms with Crippen molar-refractivity contribution in [1.29, 1.82) is 0 Å². The second kappa shape index (κ2) is 7.06. The molecule has 2 aliphatic rings. The summed E-state index contributed by atoms with van der Waals surface area (Å²) in [6, 6.07) is -1.13. The van der Waals surface area contributed by atoms with Crippen molar-refractivity contribution in [2.45, 2.75) is 38.1 Å². The van der Waals surface area contributed by atoms with E-state index >= 15 is 0 Å². The van der Waals surface area contributed by atoms with Gasteiger partial charge in [-0.2, -0.15) is 0 Å². The van der Waals surface area contributed by atoms with Crippen LogP contribution in [0.15, 0.2) is 0 Å². The van der Waals surface area contributed by atoms with Gasteiger partial charge in [-0.3, -0.25) is 4.21 Å². The fourth-order valence-corrected chi connectivity index (χ4v) is 3.97. The van der Waals surface area contributed by atoms with Gasteiger partial charge in [-0.25, -0.2) is 9.59 Å². The number of carbonyl (C=O) groups excluding carboxylic acids is 1. The number of carboxylic acid groups (broad SMARTS) is 1. The number of amides is 2. The summed E-state index contributed by atoms with van der Waals surface area (Å²) < 4.78 is 11.3. The van der Waals surface area contributed by atoms with E-state index in [1.165, 1.54) is 0 Å². The monoisotopic (exact) mass is 302 g/mol. The molecular formula is C13H22N2O4S. The van der Waals surface area contributed by atoms with E-state index in [0.717, 1.165) is 32.1 Å².